The van der Waals surface area contributed by atoms with E-state index in [1.165, 1.54) is 0 Å². The molecule has 3 heterocycles. The number of carbonyl (C=O) groups is 1. The lowest BCUT2D eigenvalue weighted by Gasteiger charge is -2.26. The second-order valence-corrected chi connectivity index (χ2v) is 6.93. The number of nitrogens with one attached hydrogen (secondary N) is 1. The van der Waals surface area contributed by atoms with Gasteiger partial charge in [-0.3, -0.25) is 9.88 Å². The van der Waals surface area contributed by atoms with Crippen molar-refractivity contribution >= 4 is 22.8 Å². The van der Waals surface area contributed by atoms with Gasteiger partial charge in [0.2, 0.25) is 0 Å². The van der Waals surface area contributed by atoms with Gasteiger partial charge in [-0.1, -0.05) is 26.0 Å². The Kier molecular flexibility index (Phi) is 5.21. The topological polar surface area (TPSA) is 79.2 Å². The van der Waals surface area contributed by atoms with Gasteiger partial charge in [0.1, 0.15) is 0 Å². The number of amides is 2. The number of hydrogen-bond acceptors (Lipinski definition) is 5. The van der Waals surface area contributed by atoms with Gasteiger partial charge in [-0.2, -0.15) is 5.10 Å². The first kappa shape index (κ1) is 18.4. The summed E-state index contributed by atoms with van der Waals surface area (Å²) in [5.74, 6) is 0.613. The molecule has 2 amide bonds. The van der Waals surface area contributed by atoms with Crippen LogP contribution in [0.4, 0.5) is 10.5 Å². The van der Waals surface area contributed by atoms with Crippen LogP contribution in [0.5, 0.6) is 0 Å². The number of likely N-dealkylation sites (N-methyl/N-ethyl adjacent to an activating group) is 1. The predicted molar refractivity (Wildman–Crippen MR) is 109 cm³/mol. The Labute approximate surface area is 164 Å². The van der Waals surface area contributed by atoms with Gasteiger partial charge in [0.25, 0.3) is 0 Å². The van der Waals surface area contributed by atoms with Crippen molar-refractivity contribution < 1.29 is 4.79 Å². The standard InChI is InChI=1S/C20H25N7O/c1-3-25(4-2)16-9-10-26(14-16)20(28)23-15-11-22-27(13-15)19-12-21-17-7-5-6-8-18(17)24-19/h5-8,11-13,16H,3-4,9-10,14H2,1-2H3,(H,23,28). The lowest BCUT2D eigenvalue weighted by atomic mass is 10.2. The van der Waals surface area contributed by atoms with Crippen LogP contribution in [-0.2, 0) is 0 Å². The summed E-state index contributed by atoms with van der Waals surface area (Å²) in [4.78, 5) is 25.9. The predicted octanol–water partition coefficient (Wildman–Crippen LogP) is 2.76. The van der Waals surface area contributed by atoms with Gasteiger partial charge in [-0.15, -0.1) is 0 Å². The zero-order chi connectivity index (χ0) is 19.5. The summed E-state index contributed by atoms with van der Waals surface area (Å²) in [6.07, 6.45) is 6.08. The highest BCUT2D eigenvalue weighted by atomic mass is 16.2. The number of likely N-dealkylation sites (tertiary alicyclic amines) is 1. The van der Waals surface area contributed by atoms with Gasteiger partial charge in [0.15, 0.2) is 5.82 Å². The minimum absolute atomic E-state index is 0.0844. The molecule has 1 aliphatic heterocycles. The molecule has 1 saturated heterocycles. The Bertz CT molecular complexity index is 966. The normalized spacial score (nSPS) is 16.8. The number of benzene rings is 1. The molecule has 8 nitrogen and oxygen atoms in total. The highest BCUT2D eigenvalue weighted by Crippen LogP contribution is 2.18. The van der Waals surface area contributed by atoms with Crippen LogP contribution in [0.1, 0.15) is 20.3 Å². The van der Waals surface area contributed by atoms with Crippen molar-refractivity contribution in [2.24, 2.45) is 0 Å². The summed E-state index contributed by atoms with van der Waals surface area (Å²) < 4.78 is 1.62. The molecule has 0 spiro atoms. The van der Waals surface area contributed by atoms with E-state index in [2.05, 4.69) is 39.1 Å². The first-order valence-corrected chi connectivity index (χ1v) is 9.74. The summed E-state index contributed by atoms with van der Waals surface area (Å²) in [6, 6.07) is 8.05. The molecule has 146 valence electrons. The van der Waals surface area contributed by atoms with Crippen molar-refractivity contribution in [2.75, 3.05) is 31.5 Å². The van der Waals surface area contributed by atoms with E-state index in [-0.39, 0.29) is 6.03 Å². The quantitative estimate of drug-likeness (QED) is 0.737. The Morgan fingerprint density at radius 1 is 1.21 bits per heavy atom. The van der Waals surface area contributed by atoms with Crippen molar-refractivity contribution in [1.29, 1.82) is 0 Å². The lowest BCUT2D eigenvalue weighted by molar-refractivity contribution is 0.202. The largest absolute Gasteiger partial charge is 0.323 e. The molecule has 0 radical (unpaired) electrons. The number of rotatable bonds is 5. The smallest absolute Gasteiger partial charge is 0.321 e. The molecule has 2 aromatic heterocycles. The molecule has 0 aliphatic carbocycles. The lowest BCUT2D eigenvalue weighted by Crippen LogP contribution is -2.39. The van der Waals surface area contributed by atoms with Crippen LogP contribution in [0.15, 0.2) is 42.9 Å². The Morgan fingerprint density at radius 2 is 2.00 bits per heavy atom. The van der Waals surface area contributed by atoms with Crippen LogP contribution in [0.3, 0.4) is 0 Å². The van der Waals surface area contributed by atoms with E-state index in [9.17, 15) is 4.79 Å². The maximum Gasteiger partial charge on any atom is 0.321 e. The zero-order valence-electron chi connectivity index (χ0n) is 16.2. The molecular formula is C20H25N7O. The van der Waals surface area contributed by atoms with E-state index < -0.39 is 0 Å². The molecule has 1 N–H and O–H groups in total. The average molecular weight is 379 g/mol. The summed E-state index contributed by atoms with van der Waals surface area (Å²) in [7, 11) is 0. The van der Waals surface area contributed by atoms with Gasteiger partial charge < -0.3 is 10.2 Å². The molecule has 1 fully saturated rings. The SMILES string of the molecule is CCN(CC)C1CCN(C(=O)Nc2cnn(-c3cnc4ccccc4n3)c2)C1. The molecule has 4 rings (SSSR count). The van der Waals surface area contributed by atoms with E-state index in [0.717, 1.165) is 43.6 Å². The van der Waals surface area contributed by atoms with Gasteiger partial charge in [-0.05, 0) is 31.6 Å². The summed E-state index contributed by atoms with van der Waals surface area (Å²) in [6.45, 7) is 7.88. The fraction of sp³-hybridized carbons (Fsp3) is 0.400. The van der Waals surface area contributed by atoms with Crippen molar-refractivity contribution in [2.45, 2.75) is 26.3 Å². The maximum absolute atomic E-state index is 12.6. The summed E-state index contributed by atoms with van der Waals surface area (Å²) in [5.41, 5.74) is 2.29. The fourth-order valence-electron chi connectivity index (χ4n) is 3.74. The Morgan fingerprint density at radius 3 is 2.79 bits per heavy atom. The monoisotopic (exact) mass is 379 g/mol. The molecule has 1 aliphatic rings. The number of para-hydroxylation sites is 2. The van der Waals surface area contributed by atoms with Gasteiger partial charge in [0, 0.05) is 19.1 Å². The van der Waals surface area contributed by atoms with Crippen LogP contribution >= 0.6 is 0 Å². The zero-order valence-corrected chi connectivity index (χ0v) is 16.2. The molecule has 1 atom stereocenters. The van der Waals surface area contributed by atoms with E-state index in [1.54, 1.807) is 23.3 Å². The van der Waals surface area contributed by atoms with Crippen LogP contribution in [-0.4, -0.2) is 67.8 Å². The first-order chi connectivity index (χ1) is 13.7. The molecule has 1 aromatic carbocycles. The second kappa shape index (κ2) is 7.93. The van der Waals surface area contributed by atoms with E-state index in [1.807, 2.05) is 29.2 Å². The molecule has 3 aromatic rings. The van der Waals surface area contributed by atoms with Crippen molar-refractivity contribution in [1.82, 2.24) is 29.5 Å². The Hall–Kier alpha value is -3.00. The third-order valence-corrected chi connectivity index (χ3v) is 5.28. The van der Waals surface area contributed by atoms with Crippen molar-refractivity contribution in [3.8, 4) is 5.82 Å². The Balaban J connectivity index is 1.42. The maximum atomic E-state index is 12.6. The average Bonchev–Trinajstić information content (AvgIpc) is 3.39. The van der Waals surface area contributed by atoms with Gasteiger partial charge in [-0.25, -0.2) is 14.5 Å². The number of anilines is 1. The number of nitrogens with zero attached hydrogens (tertiary/aromatic N) is 6. The highest BCUT2D eigenvalue weighted by molar-refractivity contribution is 5.89. The highest BCUT2D eigenvalue weighted by Gasteiger charge is 2.29. The molecule has 1 unspecified atom stereocenters. The second-order valence-electron chi connectivity index (χ2n) is 6.93. The third-order valence-electron chi connectivity index (χ3n) is 5.28. The summed E-state index contributed by atoms with van der Waals surface area (Å²) in [5, 5.41) is 7.26. The van der Waals surface area contributed by atoms with Crippen LogP contribution < -0.4 is 5.32 Å². The van der Waals surface area contributed by atoms with E-state index >= 15 is 0 Å². The van der Waals surface area contributed by atoms with Crippen LogP contribution in [0, 0.1) is 0 Å². The summed E-state index contributed by atoms with van der Waals surface area (Å²) >= 11 is 0. The minimum Gasteiger partial charge on any atom is -0.323 e. The molecule has 28 heavy (non-hydrogen) atoms. The molecular weight excluding hydrogens is 354 g/mol. The minimum atomic E-state index is -0.0844. The number of carbonyl (C=O) groups excluding carboxylic acids is 1. The number of urea groups is 1. The van der Waals surface area contributed by atoms with Crippen molar-refractivity contribution in [3.63, 3.8) is 0 Å². The first-order valence-electron chi connectivity index (χ1n) is 9.74. The van der Waals surface area contributed by atoms with E-state index in [4.69, 9.17) is 0 Å². The van der Waals surface area contributed by atoms with Crippen LogP contribution in [0.2, 0.25) is 0 Å². The number of fused-ring (bicyclic) bond motifs is 1. The molecule has 0 saturated carbocycles. The van der Waals surface area contributed by atoms with Crippen molar-refractivity contribution in [3.05, 3.63) is 42.9 Å². The van der Waals surface area contributed by atoms with Crippen LogP contribution in [0.25, 0.3) is 16.9 Å². The van der Waals surface area contributed by atoms with Gasteiger partial charge >= 0.3 is 6.03 Å². The number of aromatic nitrogens is 4. The fourth-order valence-corrected chi connectivity index (χ4v) is 3.74. The number of hydrogen-bond donors (Lipinski definition) is 1. The molecule has 8 heteroatoms. The molecule has 0 bridgehead atoms. The van der Waals surface area contributed by atoms with Gasteiger partial charge in [0.05, 0.1) is 35.3 Å². The van der Waals surface area contributed by atoms with E-state index in [0.29, 0.717) is 17.5 Å². The third kappa shape index (κ3) is 3.68.